The number of rotatable bonds is 9. The number of benzene rings is 2. The summed E-state index contributed by atoms with van der Waals surface area (Å²) in [6, 6.07) is 10.9. The van der Waals surface area contributed by atoms with Crippen LogP contribution in [0.3, 0.4) is 0 Å². The van der Waals surface area contributed by atoms with Gasteiger partial charge in [0, 0.05) is 23.1 Å². The standard InChI is InChI=1S/C19H22Cl2N2O4S/c1-13(2)10-23-28(25,26)17-7-5-16(6-8-17)27-12-19(24)22-11-14-3-4-15(20)9-18(14)21/h3-9,13,23H,10-12H2,1-2H3,(H,22,24). The third-order valence-electron chi connectivity index (χ3n) is 3.68. The van der Waals surface area contributed by atoms with Crippen molar-refractivity contribution >= 4 is 39.1 Å². The second kappa shape index (κ2) is 10.1. The van der Waals surface area contributed by atoms with Gasteiger partial charge in [0.05, 0.1) is 4.90 Å². The zero-order valence-corrected chi connectivity index (χ0v) is 17.9. The van der Waals surface area contributed by atoms with Crippen LogP contribution in [0, 0.1) is 5.92 Å². The maximum Gasteiger partial charge on any atom is 0.258 e. The van der Waals surface area contributed by atoms with Gasteiger partial charge >= 0.3 is 0 Å². The molecule has 0 saturated heterocycles. The Morgan fingerprint density at radius 1 is 1.11 bits per heavy atom. The zero-order chi connectivity index (χ0) is 20.7. The van der Waals surface area contributed by atoms with Crippen LogP contribution in [0.25, 0.3) is 0 Å². The number of nitrogens with one attached hydrogen (secondary N) is 2. The van der Waals surface area contributed by atoms with Gasteiger partial charge in [0.2, 0.25) is 10.0 Å². The summed E-state index contributed by atoms with van der Waals surface area (Å²) in [5.74, 6) is 0.266. The molecule has 9 heteroatoms. The molecule has 0 aliphatic carbocycles. The highest BCUT2D eigenvalue weighted by molar-refractivity contribution is 7.89. The minimum absolute atomic E-state index is 0.141. The molecule has 0 saturated carbocycles. The van der Waals surface area contributed by atoms with Gasteiger partial charge in [0.15, 0.2) is 6.61 Å². The number of hydrogen-bond acceptors (Lipinski definition) is 4. The van der Waals surface area contributed by atoms with Crippen LogP contribution in [0.15, 0.2) is 47.4 Å². The Kier molecular flexibility index (Phi) is 8.12. The summed E-state index contributed by atoms with van der Waals surface area (Å²) in [5, 5.41) is 3.69. The molecule has 0 aliphatic rings. The lowest BCUT2D eigenvalue weighted by Gasteiger charge is -2.11. The minimum atomic E-state index is -3.56. The van der Waals surface area contributed by atoms with E-state index in [2.05, 4.69) is 10.0 Å². The lowest BCUT2D eigenvalue weighted by molar-refractivity contribution is -0.123. The van der Waals surface area contributed by atoms with E-state index >= 15 is 0 Å². The van der Waals surface area contributed by atoms with Gasteiger partial charge in [0.1, 0.15) is 5.75 Å². The van der Waals surface area contributed by atoms with Crippen molar-refractivity contribution in [3.8, 4) is 5.75 Å². The molecule has 0 spiro atoms. The highest BCUT2D eigenvalue weighted by atomic mass is 35.5. The molecule has 0 heterocycles. The topological polar surface area (TPSA) is 84.5 Å². The first-order valence-electron chi connectivity index (χ1n) is 8.60. The highest BCUT2D eigenvalue weighted by Crippen LogP contribution is 2.20. The zero-order valence-electron chi connectivity index (χ0n) is 15.5. The van der Waals surface area contributed by atoms with E-state index in [-0.39, 0.29) is 29.9 Å². The van der Waals surface area contributed by atoms with E-state index in [0.717, 1.165) is 5.56 Å². The first-order chi connectivity index (χ1) is 13.2. The molecule has 0 radical (unpaired) electrons. The van der Waals surface area contributed by atoms with Gasteiger partial charge in [0.25, 0.3) is 5.91 Å². The van der Waals surface area contributed by atoms with E-state index in [4.69, 9.17) is 27.9 Å². The van der Waals surface area contributed by atoms with Gasteiger partial charge in [-0.1, -0.05) is 43.1 Å². The first kappa shape index (κ1) is 22.5. The Morgan fingerprint density at radius 2 is 1.79 bits per heavy atom. The van der Waals surface area contributed by atoms with Gasteiger partial charge in [-0.2, -0.15) is 0 Å². The summed E-state index contributed by atoms with van der Waals surface area (Å²) in [5.41, 5.74) is 0.739. The molecule has 2 N–H and O–H groups in total. The van der Waals surface area contributed by atoms with E-state index < -0.39 is 10.0 Å². The number of halogens is 2. The van der Waals surface area contributed by atoms with E-state index in [9.17, 15) is 13.2 Å². The summed E-state index contributed by atoms with van der Waals surface area (Å²) in [4.78, 5) is 12.1. The van der Waals surface area contributed by atoms with Crippen LogP contribution in [0.2, 0.25) is 10.0 Å². The van der Waals surface area contributed by atoms with E-state index in [1.54, 1.807) is 18.2 Å². The van der Waals surface area contributed by atoms with Gasteiger partial charge in [-0.3, -0.25) is 4.79 Å². The summed E-state index contributed by atoms with van der Waals surface area (Å²) < 4.78 is 32.2. The number of hydrogen-bond donors (Lipinski definition) is 2. The molecule has 0 unspecified atom stereocenters. The van der Waals surface area contributed by atoms with Gasteiger partial charge in [-0.15, -0.1) is 0 Å². The molecule has 2 aromatic rings. The molecule has 1 amide bonds. The van der Waals surface area contributed by atoms with Crippen molar-refractivity contribution in [3.63, 3.8) is 0 Å². The molecule has 0 fully saturated rings. The van der Waals surface area contributed by atoms with Crippen LogP contribution in [-0.4, -0.2) is 27.5 Å². The van der Waals surface area contributed by atoms with Crippen LogP contribution < -0.4 is 14.8 Å². The number of carbonyl (C=O) groups excluding carboxylic acids is 1. The van der Waals surface area contributed by atoms with Crippen molar-refractivity contribution in [2.24, 2.45) is 5.92 Å². The molecular weight excluding hydrogens is 423 g/mol. The first-order valence-corrected chi connectivity index (χ1v) is 10.8. The lowest BCUT2D eigenvalue weighted by atomic mass is 10.2. The summed E-state index contributed by atoms with van der Waals surface area (Å²) in [6.07, 6.45) is 0. The van der Waals surface area contributed by atoms with E-state index in [1.807, 2.05) is 13.8 Å². The lowest BCUT2D eigenvalue weighted by Crippen LogP contribution is -2.28. The van der Waals surface area contributed by atoms with Crippen LogP contribution in [0.4, 0.5) is 0 Å². The minimum Gasteiger partial charge on any atom is -0.484 e. The fourth-order valence-corrected chi connectivity index (χ4v) is 3.82. The SMILES string of the molecule is CC(C)CNS(=O)(=O)c1ccc(OCC(=O)NCc2ccc(Cl)cc2Cl)cc1. The Bertz CT molecular complexity index is 916. The van der Waals surface area contributed by atoms with Gasteiger partial charge < -0.3 is 10.1 Å². The quantitative estimate of drug-likeness (QED) is 0.618. The maximum absolute atomic E-state index is 12.1. The van der Waals surface area contributed by atoms with Crippen molar-refractivity contribution in [1.29, 1.82) is 0 Å². The van der Waals surface area contributed by atoms with Crippen LogP contribution in [0.1, 0.15) is 19.4 Å². The average molecular weight is 445 g/mol. The molecule has 0 aliphatic heterocycles. The molecule has 0 atom stereocenters. The molecule has 2 aromatic carbocycles. The number of ether oxygens (including phenoxy) is 1. The molecular formula is C19H22Cl2N2O4S. The normalized spacial score (nSPS) is 11.5. The second-order valence-electron chi connectivity index (χ2n) is 6.52. The molecule has 28 heavy (non-hydrogen) atoms. The predicted molar refractivity (Wildman–Crippen MR) is 110 cm³/mol. The van der Waals surface area contributed by atoms with Crippen molar-refractivity contribution in [2.45, 2.75) is 25.3 Å². The van der Waals surface area contributed by atoms with Crippen molar-refractivity contribution < 1.29 is 17.9 Å². The molecule has 0 bridgehead atoms. The van der Waals surface area contributed by atoms with E-state index in [0.29, 0.717) is 22.3 Å². The second-order valence-corrected chi connectivity index (χ2v) is 9.13. The Hall–Kier alpha value is -1.80. The van der Waals surface area contributed by atoms with Crippen molar-refractivity contribution in [1.82, 2.24) is 10.0 Å². The number of amides is 1. The summed E-state index contributed by atoms with van der Waals surface area (Å²) >= 11 is 11.9. The number of sulfonamides is 1. The molecule has 2 rings (SSSR count). The van der Waals surface area contributed by atoms with Crippen LogP contribution >= 0.6 is 23.2 Å². The van der Waals surface area contributed by atoms with Crippen molar-refractivity contribution in [2.75, 3.05) is 13.2 Å². The fourth-order valence-electron chi connectivity index (χ4n) is 2.13. The summed E-state index contributed by atoms with van der Waals surface area (Å²) in [6.45, 7) is 4.25. The monoisotopic (exact) mass is 444 g/mol. The molecule has 152 valence electrons. The number of carbonyl (C=O) groups is 1. The third-order valence-corrected chi connectivity index (χ3v) is 5.70. The van der Waals surface area contributed by atoms with Crippen LogP contribution in [0.5, 0.6) is 5.75 Å². The van der Waals surface area contributed by atoms with Crippen molar-refractivity contribution in [3.05, 3.63) is 58.1 Å². The summed E-state index contributed by atoms with van der Waals surface area (Å²) in [7, 11) is -3.56. The predicted octanol–water partition coefficient (Wildman–Crippen LogP) is 3.62. The highest BCUT2D eigenvalue weighted by Gasteiger charge is 2.14. The average Bonchev–Trinajstić information content (AvgIpc) is 2.64. The Balaban J connectivity index is 1.84. The van der Waals surface area contributed by atoms with E-state index in [1.165, 1.54) is 24.3 Å². The largest absolute Gasteiger partial charge is 0.484 e. The Morgan fingerprint density at radius 3 is 2.39 bits per heavy atom. The van der Waals surface area contributed by atoms with Crippen LogP contribution in [-0.2, 0) is 21.4 Å². The smallest absolute Gasteiger partial charge is 0.258 e. The third kappa shape index (κ3) is 6.98. The van der Waals surface area contributed by atoms with Gasteiger partial charge in [-0.25, -0.2) is 13.1 Å². The molecule has 0 aromatic heterocycles. The fraction of sp³-hybridized carbons (Fsp3) is 0.316. The van der Waals surface area contributed by atoms with Gasteiger partial charge in [-0.05, 0) is 47.9 Å². The molecule has 6 nitrogen and oxygen atoms in total. The Labute approximate surface area is 175 Å². The maximum atomic E-state index is 12.1.